The van der Waals surface area contributed by atoms with E-state index in [1.54, 1.807) is 37.6 Å². The van der Waals surface area contributed by atoms with Crippen molar-refractivity contribution in [1.82, 2.24) is 5.43 Å². The van der Waals surface area contributed by atoms with Gasteiger partial charge >= 0.3 is 0 Å². The molecule has 32 heavy (non-hydrogen) atoms. The van der Waals surface area contributed by atoms with Gasteiger partial charge in [0.15, 0.2) is 0 Å². The SMILES string of the molecule is COc1ccc(NC(=O)CCC(=O)N/N=C/c2c3ccccc3cc3ccccc23)cc1. The van der Waals surface area contributed by atoms with E-state index in [4.69, 9.17) is 4.74 Å². The number of methoxy groups -OCH3 is 1. The van der Waals surface area contributed by atoms with Gasteiger partial charge in [-0.05, 0) is 51.9 Å². The number of hydrogen-bond acceptors (Lipinski definition) is 4. The molecule has 0 unspecified atom stereocenters. The Hall–Kier alpha value is -4.19. The lowest BCUT2D eigenvalue weighted by atomic mass is 9.97. The van der Waals surface area contributed by atoms with E-state index in [2.05, 4.69) is 34.0 Å². The number of carbonyl (C=O) groups excluding carboxylic acids is 2. The maximum Gasteiger partial charge on any atom is 0.240 e. The molecule has 0 aliphatic rings. The fourth-order valence-electron chi connectivity index (χ4n) is 3.54. The summed E-state index contributed by atoms with van der Waals surface area (Å²) in [7, 11) is 1.58. The lowest BCUT2D eigenvalue weighted by Crippen LogP contribution is -2.20. The summed E-state index contributed by atoms with van der Waals surface area (Å²) in [5.41, 5.74) is 4.12. The Kier molecular flexibility index (Phi) is 6.41. The molecule has 0 bridgehead atoms. The Balaban J connectivity index is 1.38. The monoisotopic (exact) mass is 425 g/mol. The van der Waals surface area contributed by atoms with Gasteiger partial charge in [-0.3, -0.25) is 9.59 Å². The molecule has 0 spiro atoms. The third-order valence-corrected chi connectivity index (χ3v) is 5.15. The van der Waals surface area contributed by atoms with Crippen LogP contribution in [-0.2, 0) is 9.59 Å². The summed E-state index contributed by atoms with van der Waals surface area (Å²) < 4.78 is 5.09. The highest BCUT2D eigenvalue weighted by Crippen LogP contribution is 2.27. The molecule has 0 aromatic heterocycles. The number of hydrogen-bond donors (Lipinski definition) is 2. The molecule has 6 heteroatoms. The predicted octanol–water partition coefficient (Wildman–Crippen LogP) is 4.87. The van der Waals surface area contributed by atoms with Crippen LogP contribution in [0, 0.1) is 0 Å². The molecule has 0 saturated heterocycles. The van der Waals surface area contributed by atoms with Crippen molar-refractivity contribution in [2.45, 2.75) is 12.8 Å². The number of benzene rings is 4. The summed E-state index contributed by atoms with van der Waals surface area (Å²) in [6, 6.07) is 25.3. The third kappa shape index (κ3) is 4.92. The summed E-state index contributed by atoms with van der Waals surface area (Å²) in [4.78, 5) is 24.3. The Morgan fingerprint density at radius 3 is 2.06 bits per heavy atom. The maximum atomic E-state index is 12.2. The van der Waals surface area contributed by atoms with Crippen LogP contribution in [0.4, 0.5) is 5.69 Å². The summed E-state index contributed by atoms with van der Waals surface area (Å²) in [5.74, 6) is 0.143. The lowest BCUT2D eigenvalue weighted by Gasteiger charge is -2.08. The van der Waals surface area contributed by atoms with Crippen molar-refractivity contribution in [2.75, 3.05) is 12.4 Å². The fourth-order valence-corrected chi connectivity index (χ4v) is 3.54. The number of nitrogens with one attached hydrogen (secondary N) is 2. The van der Waals surface area contributed by atoms with Gasteiger partial charge in [0.2, 0.25) is 11.8 Å². The molecule has 0 atom stereocenters. The molecule has 0 saturated carbocycles. The van der Waals surface area contributed by atoms with Gasteiger partial charge in [0.1, 0.15) is 5.75 Å². The highest BCUT2D eigenvalue weighted by atomic mass is 16.5. The van der Waals surface area contributed by atoms with Crippen LogP contribution in [-0.4, -0.2) is 25.1 Å². The Morgan fingerprint density at radius 2 is 1.44 bits per heavy atom. The highest BCUT2D eigenvalue weighted by Gasteiger charge is 2.08. The number of fused-ring (bicyclic) bond motifs is 2. The van der Waals surface area contributed by atoms with Gasteiger partial charge < -0.3 is 10.1 Å². The van der Waals surface area contributed by atoms with E-state index in [0.29, 0.717) is 11.4 Å². The molecule has 0 aliphatic heterocycles. The maximum absolute atomic E-state index is 12.2. The average Bonchev–Trinajstić information content (AvgIpc) is 2.83. The van der Waals surface area contributed by atoms with E-state index in [0.717, 1.165) is 27.1 Å². The minimum absolute atomic E-state index is 0.0373. The second-order valence-electron chi connectivity index (χ2n) is 7.30. The fraction of sp³-hybridized carbons (Fsp3) is 0.115. The van der Waals surface area contributed by atoms with Crippen molar-refractivity contribution < 1.29 is 14.3 Å². The first kappa shape index (κ1) is 21.1. The molecule has 0 aliphatic carbocycles. The number of hydrazone groups is 1. The highest BCUT2D eigenvalue weighted by molar-refractivity contribution is 6.13. The molecule has 2 N–H and O–H groups in total. The first-order valence-corrected chi connectivity index (χ1v) is 10.3. The van der Waals surface area contributed by atoms with Crippen LogP contribution in [0.3, 0.4) is 0 Å². The molecule has 6 nitrogen and oxygen atoms in total. The van der Waals surface area contributed by atoms with Gasteiger partial charge in [-0.15, -0.1) is 0 Å². The Morgan fingerprint density at radius 1 is 0.844 bits per heavy atom. The quantitative estimate of drug-likeness (QED) is 0.252. The second-order valence-corrected chi connectivity index (χ2v) is 7.30. The van der Waals surface area contributed by atoms with Crippen molar-refractivity contribution in [1.29, 1.82) is 0 Å². The van der Waals surface area contributed by atoms with Gasteiger partial charge in [0.25, 0.3) is 0 Å². The van der Waals surface area contributed by atoms with Gasteiger partial charge in [-0.1, -0.05) is 48.5 Å². The number of nitrogens with zero attached hydrogens (tertiary/aromatic N) is 1. The van der Waals surface area contributed by atoms with Crippen LogP contribution < -0.4 is 15.5 Å². The molecule has 4 aromatic rings. The topological polar surface area (TPSA) is 79.8 Å². The van der Waals surface area contributed by atoms with E-state index >= 15 is 0 Å². The number of amides is 2. The van der Waals surface area contributed by atoms with E-state index in [9.17, 15) is 9.59 Å². The predicted molar refractivity (Wildman–Crippen MR) is 128 cm³/mol. The largest absolute Gasteiger partial charge is 0.497 e. The molecular weight excluding hydrogens is 402 g/mol. The molecule has 0 fully saturated rings. The van der Waals surface area contributed by atoms with Gasteiger partial charge in [-0.2, -0.15) is 5.10 Å². The average molecular weight is 425 g/mol. The zero-order chi connectivity index (χ0) is 22.3. The third-order valence-electron chi connectivity index (χ3n) is 5.15. The second kappa shape index (κ2) is 9.75. The van der Waals surface area contributed by atoms with Gasteiger partial charge in [-0.25, -0.2) is 5.43 Å². The minimum atomic E-state index is -0.323. The van der Waals surface area contributed by atoms with Crippen molar-refractivity contribution >= 4 is 45.3 Å². The van der Waals surface area contributed by atoms with Gasteiger partial charge in [0.05, 0.1) is 13.3 Å². The Bertz CT molecular complexity index is 1240. The molecular formula is C26H23N3O3. The molecule has 0 radical (unpaired) electrons. The van der Waals surface area contributed by atoms with Crippen molar-refractivity contribution in [3.05, 3.63) is 84.4 Å². The van der Waals surface area contributed by atoms with Crippen LogP contribution in [0.2, 0.25) is 0 Å². The zero-order valence-electron chi connectivity index (χ0n) is 17.7. The minimum Gasteiger partial charge on any atom is -0.497 e. The van der Waals surface area contributed by atoms with Crippen molar-refractivity contribution in [2.24, 2.45) is 5.10 Å². The molecule has 4 rings (SSSR count). The summed E-state index contributed by atoms with van der Waals surface area (Å²) in [6.07, 6.45) is 1.76. The van der Waals surface area contributed by atoms with E-state index in [1.807, 2.05) is 36.4 Å². The Labute approximate surface area is 185 Å². The zero-order valence-corrected chi connectivity index (χ0v) is 17.7. The number of ether oxygens (including phenoxy) is 1. The van der Waals surface area contributed by atoms with E-state index < -0.39 is 0 Å². The summed E-state index contributed by atoms with van der Waals surface area (Å²) in [6.45, 7) is 0. The summed E-state index contributed by atoms with van der Waals surface area (Å²) >= 11 is 0. The van der Waals surface area contributed by atoms with Crippen LogP contribution in [0.15, 0.2) is 84.0 Å². The van der Waals surface area contributed by atoms with Crippen LogP contribution in [0.1, 0.15) is 18.4 Å². The van der Waals surface area contributed by atoms with Crippen LogP contribution in [0.5, 0.6) is 5.75 Å². The number of rotatable bonds is 7. The normalized spacial score (nSPS) is 11.0. The smallest absolute Gasteiger partial charge is 0.240 e. The van der Waals surface area contributed by atoms with E-state index in [-0.39, 0.29) is 24.7 Å². The van der Waals surface area contributed by atoms with Crippen LogP contribution in [0.25, 0.3) is 21.5 Å². The molecule has 4 aromatic carbocycles. The first-order valence-electron chi connectivity index (χ1n) is 10.3. The van der Waals surface area contributed by atoms with E-state index in [1.165, 1.54) is 0 Å². The van der Waals surface area contributed by atoms with Crippen molar-refractivity contribution in [3.63, 3.8) is 0 Å². The summed E-state index contributed by atoms with van der Waals surface area (Å²) in [5, 5.41) is 11.2. The molecule has 2 amide bonds. The number of anilines is 1. The lowest BCUT2D eigenvalue weighted by molar-refractivity contribution is -0.124. The first-order chi connectivity index (χ1) is 15.6. The van der Waals surface area contributed by atoms with Crippen molar-refractivity contribution in [3.8, 4) is 5.75 Å². The van der Waals surface area contributed by atoms with Gasteiger partial charge in [0, 0.05) is 24.1 Å². The number of carbonyl (C=O) groups is 2. The standard InChI is InChI=1S/C26H23N3O3/c1-32-21-12-10-20(11-13-21)28-25(30)14-15-26(31)29-27-17-24-22-8-4-2-6-18(22)16-19-7-3-5-9-23(19)24/h2-13,16-17H,14-15H2,1H3,(H,28,30)(H,29,31)/b27-17+. The van der Waals surface area contributed by atoms with Crippen LogP contribution >= 0.6 is 0 Å². The molecule has 0 heterocycles. The molecule has 160 valence electrons.